The van der Waals surface area contributed by atoms with E-state index in [1.165, 1.54) is 0 Å². The SMILES string of the molecule is O=C(O)C1CCCN(Cc2cnn(-c3ccccc3)c2)C1. The maximum atomic E-state index is 11.1. The predicted octanol–water partition coefficient (Wildman–Crippen LogP) is 2.17. The van der Waals surface area contributed by atoms with Crippen molar-refractivity contribution in [2.45, 2.75) is 19.4 Å². The fraction of sp³-hybridized carbons (Fsp3) is 0.375. The number of hydrogen-bond acceptors (Lipinski definition) is 3. The van der Waals surface area contributed by atoms with Gasteiger partial charge in [-0.1, -0.05) is 18.2 Å². The van der Waals surface area contributed by atoms with E-state index in [-0.39, 0.29) is 5.92 Å². The van der Waals surface area contributed by atoms with Crippen LogP contribution in [0.25, 0.3) is 5.69 Å². The number of benzene rings is 1. The molecular formula is C16H19N3O2. The van der Waals surface area contributed by atoms with E-state index in [0.29, 0.717) is 6.54 Å². The molecule has 1 N–H and O–H groups in total. The first-order valence-corrected chi connectivity index (χ1v) is 7.26. The first-order valence-electron chi connectivity index (χ1n) is 7.26. The summed E-state index contributed by atoms with van der Waals surface area (Å²) in [5, 5.41) is 13.5. The molecule has 1 aromatic heterocycles. The Morgan fingerprint density at radius 1 is 1.33 bits per heavy atom. The molecule has 1 aliphatic heterocycles. The number of para-hydroxylation sites is 1. The second kappa shape index (κ2) is 6.10. The molecule has 0 saturated carbocycles. The number of carbonyl (C=O) groups is 1. The lowest BCUT2D eigenvalue weighted by Gasteiger charge is -2.30. The van der Waals surface area contributed by atoms with Crippen molar-refractivity contribution < 1.29 is 9.90 Å². The zero-order valence-electron chi connectivity index (χ0n) is 11.9. The third-order valence-electron chi connectivity index (χ3n) is 3.92. The number of nitrogens with zero attached hydrogens (tertiary/aromatic N) is 3. The van der Waals surface area contributed by atoms with E-state index in [1.54, 1.807) is 0 Å². The number of piperidine rings is 1. The van der Waals surface area contributed by atoms with Crippen LogP contribution in [0.5, 0.6) is 0 Å². The minimum atomic E-state index is -0.681. The highest BCUT2D eigenvalue weighted by atomic mass is 16.4. The highest BCUT2D eigenvalue weighted by Gasteiger charge is 2.25. The maximum absolute atomic E-state index is 11.1. The van der Waals surface area contributed by atoms with Crippen LogP contribution in [0.15, 0.2) is 42.7 Å². The topological polar surface area (TPSA) is 58.4 Å². The van der Waals surface area contributed by atoms with Crippen LogP contribution in [0.1, 0.15) is 18.4 Å². The summed E-state index contributed by atoms with van der Waals surface area (Å²) in [7, 11) is 0. The van der Waals surface area contributed by atoms with Crippen molar-refractivity contribution in [3.63, 3.8) is 0 Å². The van der Waals surface area contributed by atoms with Gasteiger partial charge in [0.1, 0.15) is 0 Å². The monoisotopic (exact) mass is 285 g/mol. The van der Waals surface area contributed by atoms with Gasteiger partial charge < -0.3 is 5.11 Å². The third-order valence-corrected chi connectivity index (χ3v) is 3.92. The van der Waals surface area contributed by atoms with Gasteiger partial charge in [-0.25, -0.2) is 4.68 Å². The molecule has 5 nitrogen and oxygen atoms in total. The fourth-order valence-corrected chi connectivity index (χ4v) is 2.82. The van der Waals surface area contributed by atoms with Gasteiger partial charge in [0.2, 0.25) is 0 Å². The number of hydrogen-bond donors (Lipinski definition) is 1. The van der Waals surface area contributed by atoms with E-state index in [2.05, 4.69) is 10.00 Å². The normalized spacial score (nSPS) is 19.5. The Morgan fingerprint density at radius 3 is 2.90 bits per heavy atom. The quantitative estimate of drug-likeness (QED) is 0.935. The summed E-state index contributed by atoms with van der Waals surface area (Å²) in [5.41, 5.74) is 2.15. The lowest BCUT2D eigenvalue weighted by molar-refractivity contribution is -0.143. The number of aliphatic carboxylic acids is 1. The molecule has 1 aromatic carbocycles. The lowest BCUT2D eigenvalue weighted by Crippen LogP contribution is -2.38. The zero-order valence-corrected chi connectivity index (χ0v) is 11.9. The van der Waals surface area contributed by atoms with Gasteiger partial charge in [0.25, 0.3) is 0 Å². The molecular weight excluding hydrogens is 266 g/mol. The van der Waals surface area contributed by atoms with E-state index in [9.17, 15) is 4.79 Å². The molecule has 1 aliphatic rings. The van der Waals surface area contributed by atoms with Crippen LogP contribution >= 0.6 is 0 Å². The lowest BCUT2D eigenvalue weighted by atomic mass is 9.98. The van der Waals surface area contributed by atoms with Crippen LogP contribution in [0.2, 0.25) is 0 Å². The Kier molecular flexibility index (Phi) is 4.01. The summed E-state index contributed by atoms with van der Waals surface area (Å²) < 4.78 is 1.86. The van der Waals surface area contributed by atoms with Crippen molar-refractivity contribution in [2.24, 2.45) is 5.92 Å². The van der Waals surface area contributed by atoms with Crippen molar-refractivity contribution in [1.82, 2.24) is 14.7 Å². The second-order valence-electron chi connectivity index (χ2n) is 5.54. The fourth-order valence-electron chi connectivity index (χ4n) is 2.82. The summed E-state index contributed by atoms with van der Waals surface area (Å²) in [6, 6.07) is 9.97. The summed E-state index contributed by atoms with van der Waals surface area (Å²) in [6.07, 6.45) is 5.61. The summed E-state index contributed by atoms with van der Waals surface area (Å²) >= 11 is 0. The molecule has 1 fully saturated rings. The van der Waals surface area contributed by atoms with Crippen molar-refractivity contribution in [1.29, 1.82) is 0 Å². The van der Waals surface area contributed by atoms with Gasteiger partial charge in [-0.15, -0.1) is 0 Å². The first-order chi connectivity index (χ1) is 10.2. The Balaban J connectivity index is 1.66. The molecule has 0 spiro atoms. The van der Waals surface area contributed by atoms with Gasteiger partial charge in [-0.3, -0.25) is 9.69 Å². The van der Waals surface area contributed by atoms with Crippen LogP contribution in [-0.2, 0) is 11.3 Å². The summed E-state index contributed by atoms with van der Waals surface area (Å²) in [5.74, 6) is -0.914. The number of aromatic nitrogens is 2. The molecule has 3 rings (SSSR count). The van der Waals surface area contributed by atoms with E-state index >= 15 is 0 Å². The molecule has 2 heterocycles. The highest BCUT2D eigenvalue weighted by Crippen LogP contribution is 2.19. The van der Waals surface area contributed by atoms with Crippen molar-refractivity contribution in [3.05, 3.63) is 48.3 Å². The van der Waals surface area contributed by atoms with Gasteiger partial charge in [-0.2, -0.15) is 5.10 Å². The molecule has 21 heavy (non-hydrogen) atoms. The number of carboxylic acid groups (broad SMARTS) is 1. The average Bonchev–Trinajstić information content (AvgIpc) is 2.97. The van der Waals surface area contributed by atoms with E-state index in [0.717, 1.165) is 37.2 Å². The summed E-state index contributed by atoms with van der Waals surface area (Å²) in [6.45, 7) is 2.35. The highest BCUT2D eigenvalue weighted by molar-refractivity contribution is 5.70. The molecule has 1 atom stereocenters. The van der Waals surface area contributed by atoms with Gasteiger partial charge in [0, 0.05) is 24.8 Å². The van der Waals surface area contributed by atoms with Crippen molar-refractivity contribution >= 4 is 5.97 Å². The van der Waals surface area contributed by atoms with E-state index in [4.69, 9.17) is 5.11 Å². The molecule has 110 valence electrons. The molecule has 0 aliphatic carbocycles. The second-order valence-corrected chi connectivity index (χ2v) is 5.54. The van der Waals surface area contributed by atoms with E-state index in [1.807, 2.05) is 47.4 Å². The van der Waals surface area contributed by atoms with Gasteiger partial charge in [0.05, 0.1) is 17.8 Å². The zero-order chi connectivity index (χ0) is 14.7. The minimum Gasteiger partial charge on any atom is -0.481 e. The molecule has 2 aromatic rings. The largest absolute Gasteiger partial charge is 0.481 e. The van der Waals surface area contributed by atoms with E-state index < -0.39 is 5.97 Å². The van der Waals surface area contributed by atoms with Crippen LogP contribution in [-0.4, -0.2) is 38.8 Å². The first kappa shape index (κ1) is 13.8. The molecule has 5 heteroatoms. The van der Waals surface area contributed by atoms with Gasteiger partial charge >= 0.3 is 5.97 Å². The van der Waals surface area contributed by atoms with Crippen LogP contribution in [0.3, 0.4) is 0 Å². The molecule has 1 saturated heterocycles. The Labute approximate surface area is 123 Å². The average molecular weight is 285 g/mol. The predicted molar refractivity (Wildman–Crippen MR) is 79.2 cm³/mol. The van der Waals surface area contributed by atoms with Crippen molar-refractivity contribution in [3.8, 4) is 5.69 Å². The number of rotatable bonds is 4. The Hall–Kier alpha value is -2.14. The molecule has 0 amide bonds. The van der Waals surface area contributed by atoms with Crippen LogP contribution < -0.4 is 0 Å². The van der Waals surface area contributed by atoms with Crippen molar-refractivity contribution in [2.75, 3.05) is 13.1 Å². The molecule has 0 bridgehead atoms. The number of likely N-dealkylation sites (tertiary alicyclic amines) is 1. The van der Waals surface area contributed by atoms with Crippen LogP contribution in [0.4, 0.5) is 0 Å². The standard InChI is InChI=1S/C16H19N3O2/c20-16(21)14-5-4-8-18(12-14)10-13-9-17-19(11-13)15-6-2-1-3-7-15/h1-3,6-7,9,11,14H,4-5,8,10,12H2,(H,20,21). The Morgan fingerprint density at radius 2 is 2.14 bits per heavy atom. The van der Waals surface area contributed by atoms with Crippen LogP contribution in [0, 0.1) is 5.92 Å². The Bertz CT molecular complexity index is 609. The van der Waals surface area contributed by atoms with Gasteiger partial charge in [-0.05, 0) is 31.5 Å². The third kappa shape index (κ3) is 3.31. The number of carboxylic acids is 1. The smallest absolute Gasteiger partial charge is 0.307 e. The maximum Gasteiger partial charge on any atom is 0.307 e. The molecule has 1 unspecified atom stereocenters. The molecule has 0 radical (unpaired) electrons. The van der Waals surface area contributed by atoms with Gasteiger partial charge in [0.15, 0.2) is 0 Å². The summed E-state index contributed by atoms with van der Waals surface area (Å²) in [4.78, 5) is 13.3. The minimum absolute atomic E-state index is 0.233.